The van der Waals surface area contributed by atoms with Crippen molar-refractivity contribution >= 4 is 18.1 Å². The van der Waals surface area contributed by atoms with Crippen LogP contribution in [0.1, 0.15) is 53.3 Å². The second-order valence-corrected chi connectivity index (χ2v) is 12.3. The van der Waals surface area contributed by atoms with Crippen molar-refractivity contribution in [2.75, 3.05) is 49.8 Å². The van der Waals surface area contributed by atoms with Gasteiger partial charge in [0, 0.05) is 39.9 Å². The Morgan fingerprint density at radius 3 is 1.94 bits per heavy atom. The molecule has 3 aromatic carbocycles. The number of hydrogen-bond donors (Lipinski definition) is 0. The number of hydrogen-bond acceptors (Lipinski definition) is 10. The molecule has 1 saturated heterocycles. The average Bonchev–Trinajstić information content (AvgIpc) is 3.10. The van der Waals surface area contributed by atoms with E-state index in [4.69, 9.17) is 37.9 Å². The van der Waals surface area contributed by atoms with Crippen LogP contribution < -0.4 is 33.2 Å². The molecule has 0 unspecified atom stereocenters. The molecule has 2 aliphatic rings. The first-order chi connectivity index (χ1) is 24.0. The molecule has 0 radical (unpaired) electrons. The maximum atomic E-state index is 14.9. The van der Waals surface area contributed by atoms with Crippen LogP contribution in [0, 0.1) is 13.8 Å². The molecule has 0 aliphatic carbocycles. The topological polar surface area (TPSA) is 114 Å². The first-order valence-corrected chi connectivity index (χ1v) is 16.3. The zero-order chi connectivity index (χ0) is 36.4. The van der Waals surface area contributed by atoms with Gasteiger partial charge in [-0.2, -0.15) is 0 Å². The quantitative estimate of drug-likeness (QED) is 0.228. The van der Waals surface area contributed by atoms with Crippen molar-refractivity contribution in [2.45, 2.75) is 58.8 Å². The molecule has 0 spiro atoms. The Hall–Kier alpha value is -5.26. The van der Waals surface area contributed by atoms with Gasteiger partial charge in [0.15, 0.2) is 23.0 Å². The Kier molecular flexibility index (Phi) is 10.6. The Morgan fingerprint density at radius 2 is 1.40 bits per heavy atom. The monoisotopic (exact) mass is 690 g/mol. The summed E-state index contributed by atoms with van der Waals surface area (Å²) in [5.41, 5.74) is 4.69. The van der Waals surface area contributed by atoms with Gasteiger partial charge in [0.05, 0.1) is 62.4 Å². The van der Waals surface area contributed by atoms with Crippen LogP contribution in [0.5, 0.6) is 40.2 Å². The van der Waals surface area contributed by atoms with Crippen LogP contribution in [-0.4, -0.2) is 83.7 Å². The molecule has 268 valence electrons. The van der Waals surface area contributed by atoms with Gasteiger partial charge in [-0.3, -0.25) is 9.69 Å². The minimum atomic E-state index is -0.922. The van der Waals surface area contributed by atoms with E-state index in [1.165, 1.54) is 4.90 Å². The fourth-order valence-electron chi connectivity index (χ4n) is 7.11. The molecule has 0 N–H and O–H groups in total. The lowest BCUT2D eigenvalue weighted by molar-refractivity contribution is -0.141. The number of amides is 2. The van der Waals surface area contributed by atoms with Crippen LogP contribution in [0.2, 0.25) is 0 Å². The highest BCUT2D eigenvalue weighted by Crippen LogP contribution is 2.55. The lowest BCUT2D eigenvalue weighted by atomic mass is 9.80. The Morgan fingerprint density at radius 1 is 0.800 bits per heavy atom. The van der Waals surface area contributed by atoms with Gasteiger partial charge < -0.3 is 42.8 Å². The number of carbonyl (C=O) groups excluding carboxylic acids is 2. The molecule has 5 rings (SSSR count). The van der Waals surface area contributed by atoms with E-state index in [1.807, 2.05) is 44.2 Å². The largest absolute Gasteiger partial charge is 0.497 e. The van der Waals surface area contributed by atoms with E-state index in [2.05, 4.69) is 0 Å². The molecule has 0 aromatic heterocycles. The predicted molar refractivity (Wildman–Crippen MR) is 187 cm³/mol. The molecule has 50 heavy (non-hydrogen) atoms. The third-order valence-electron chi connectivity index (χ3n) is 9.20. The van der Waals surface area contributed by atoms with Gasteiger partial charge in [-0.25, -0.2) is 4.79 Å². The Labute approximate surface area is 293 Å². The van der Waals surface area contributed by atoms with E-state index in [0.717, 1.165) is 11.1 Å². The lowest BCUT2D eigenvalue weighted by Gasteiger charge is -2.51. The van der Waals surface area contributed by atoms with Crippen LogP contribution in [0.4, 0.5) is 4.79 Å². The summed E-state index contributed by atoms with van der Waals surface area (Å²) in [7, 11) is 11.0. The van der Waals surface area contributed by atoms with E-state index in [0.29, 0.717) is 68.2 Å². The van der Waals surface area contributed by atoms with Crippen molar-refractivity contribution in [3.05, 3.63) is 69.4 Å². The summed E-state index contributed by atoms with van der Waals surface area (Å²) in [6.07, 6.45) is 0.923. The van der Waals surface area contributed by atoms with Gasteiger partial charge in [-0.05, 0) is 57.5 Å². The third-order valence-corrected chi connectivity index (χ3v) is 9.20. The van der Waals surface area contributed by atoms with E-state index >= 15 is 0 Å². The summed E-state index contributed by atoms with van der Waals surface area (Å²) < 4.78 is 46.5. The Bertz CT molecular complexity index is 1800. The molecule has 1 fully saturated rings. The molecule has 2 bridgehead atoms. The standard InChI is InChI=1S/C38H46N2O10/c1-20(2)50-38(42)40-28-18-26-30(36(49-11)35(48-10)22(4)33(26)46-8)31(40)27(39(37(28)41)19-23-12-14-25(43-5)15-13-23)16-24-17-29(44-6)34(47-9)21(3)32(24)45-7/h12-17,20,28,31H,18-19H2,1-11H3/t28-,31+/m0/s1. The van der Waals surface area contributed by atoms with Crippen LogP contribution in [0.15, 0.2) is 36.0 Å². The molecule has 12 nitrogen and oxygen atoms in total. The van der Waals surface area contributed by atoms with Gasteiger partial charge in [-0.15, -0.1) is 0 Å². The van der Waals surface area contributed by atoms with E-state index in [1.54, 1.807) is 74.6 Å². The predicted octanol–water partition coefficient (Wildman–Crippen LogP) is 6.26. The van der Waals surface area contributed by atoms with Gasteiger partial charge >= 0.3 is 6.09 Å². The van der Waals surface area contributed by atoms with Crippen molar-refractivity contribution in [3.63, 3.8) is 0 Å². The first kappa shape index (κ1) is 36.0. The number of methoxy groups -OCH3 is 7. The average molecular weight is 691 g/mol. The van der Waals surface area contributed by atoms with Gasteiger partial charge in [0.25, 0.3) is 0 Å². The number of rotatable bonds is 11. The van der Waals surface area contributed by atoms with Crippen molar-refractivity contribution < 1.29 is 47.5 Å². The zero-order valence-corrected chi connectivity index (χ0v) is 30.6. The molecule has 12 heteroatoms. The highest BCUT2D eigenvalue weighted by molar-refractivity contribution is 5.93. The second-order valence-electron chi connectivity index (χ2n) is 12.3. The van der Waals surface area contributed by atoms with Gasteiger partial charge in [-0.1, -0.05) is 12.1 Å². The maximum absolute atomic E-state index is 14.9. The molecule has 3 aromatic rings. The third kappa shape index (κ3) is 6.07. The number of nitrogens with zero attached hydrogens (tertiary/aromatic N) is 2. The summed E-state index contributed by atoms with van der Waals surface area (Å²) in [4.78, 5) is 32.3. The molecular weight excluding hydrogens is 644 g/mol. The normalized spacial score (nSPS) is 17.4. The fraction of sp³-hybridized carbons (Fsp3) is 0.421. The summed E-state index contributed by atoms with van der Waals surface area (Å²) in [6, 6.07) is 7.48. The maximum Gasteiger partial charge on any atom is 0.411 e. The van der Waals surface area contributed by atoms with Crippen molar-refractivity contribution in [1.82, 2.24) is 9.80 Å². The van der Waals surface area contributed by atoms with Crippen molar-refractivity contribution in [2.24, 2.45) is 0 Å². The van der Waals surface area contributed by atoms with Crippen molar-refractivity contribution in [3.8, 4) is 40.2 Å². The Balaban J connectivity index is 1.90. The SMILES string of the molecule is COc1ccc(CN2C(=O)[C@@H]3Cc4c(OC)c(C)c(OC)c(OC)c4[C@@H](C2=Cc2cc(OC)c(OC)c(C)c2OC)N3C(=O)OC(C)C)cc1. The van der Waals surface area contributed by atoms with Gasteiger partial charge in [0.1, 0.15) is 29.3 Å². The van der Waals surface area contributed by atoms with E-state index in [9.17, 15) is 9.59 Å². The number of piperazine rings is 1. The summed E-state index contributed by atoms with van der Waals surface area (Å²) >= 11 is 0. The molecule has 2 amide bonds. The highest BCUT2D eigenvalue weighted by atomic mass is 16.6. The van der Waals surface area contributed by atoms with Crippen LogP contribution in [0.25, 0.3) is 6.08 Å². The van der Waals surface area contributed by atoms with Crippen LogP contribution >= 0.6 is 0 Å². The number of carbonyl (C=O) groups is 2. The second kappa shape index (κ2) is 14.7. The fourth-order valence-corrected chi connectivity index (χ4v) is 7.11. The molecule has 2 heterocycles. The molecular formula is C38H46N2O10. The van der Waals surface area contributed by atoms with E-state index in [-0.39, 0.29) is 18.9 Å². The molecule has 0 saturated carbocycles. The van der Waals surface area contributed by atoms with Crippen LogP contribution in [-0.2, 0) is 22.5 Å². The van der Waals surface area contributed by atoms with Crippen molar-refractivity contribution in [1.29, 1.82) is 0 Å². The summed E-state index contributed by atoms with van der Waals surface area (Å²) in [5, 5.41) is 0. The number of benzene rings is 3. The number of ether oxygens (including phenoxy) is 8. The minimum Gasteiger partial charge on any atom is -0.497 e. The lowest BCUT2D eigenvalue weighted by Crippen LogP contribution is -2.61. The minimum absolute atomic E-state index is 0.160. The summed E-state index contributed by atoms with van der Waals surface area (Å²) in [6.45, 7) is 7.48. The molecule has 2 atom stereocenters. The summed E-state index contributed by atoms with van der Waals surface area (Å²) in [5.74, 6) is 3.32. The molecule has 2 aliphatic heterocycles. The zero-order valence-electron chi connectivity index (χ0n) is 30.6. The first-order valence-electron chi connectivity index (χ1n) is 16.3. The van der Waals surface area contributed by atoms with Crippen LogP contribution in [0.3, 0.4) is 0 Å². The smallest absolute Gasteiger partial charge is 0.411 e. The number of fused-ring (bicyclic) bond motifs is 4. The van der Waals surface area contributed by atoms with E-state index < -0.39 is 24.3 Å². The van der Waals surface area contributed by atoms with Gasteiger partial charge in [0.2, 0.25) is 5.91 Å². The highest BCUT2D eigenvalue weighted by Gasteiger charge is 2.54.